The van der Waals surface area contributed by atoms with Gasteiger partial charge in [-0.2, -0.15) is 0 Å². The van der Waals surface area contributed by atoms with Crippen LogP contribution in [0, 0.1) is 12.8 Å². The Balaban J connectivity index is 1.81. The smallest absolute Gasteiger partial charge is 0.344 e. The van der Waals surface area contributed by atoms with Gasteiger partial charge < -0.3 is 14.8 Å². The Morgan fingerprint density at radius 1 is 0.963 bits per heavy atom. The molecule has 5 heteroatoms. The Labute approximate surface area is 160 Å². The molecule has 1 N–H and O–H groups in total. The first-order valence-electron chi connectivity index (χ1n) is 9.14. The second-order valence-electron chi connectivity index (χ2n) is 6.88. The Kier molecular flexibility index (Phi) is 7.86. The maximum atomic E-state index is 12.2. The number of hydrogen-bond acceptors (Lipinski definition) is 4. The fourth-order valence-corrected chi connectivity index (χ4v) is 2.71. The molecule has 0 fully saturated rings. The normalized spacial score (nSPS) is 11.7. The van der Waals surface area contributed by atoms with E-state index in [1.54, 1.807) is 6.07 Å². The third-order valence-corrected chi connectivity index (χ3v) is 4.05. The van der Waals surface area contributed by atoms with Crippen LogP contribution in [0.4, 0.5) is 0 Å². The van der Waals surface area contributed by atoms with Crippen molar-refractivity contribution in [2.24, 2.45) is 5.92 Å². The number of hydrogen-bond donors (Lipinski definition) is 1. The van der Waals surface area contributed by atoms with E-state index in [0.29, 0.717) is 11.7 Å². The van der Waals surface area contributed by atoms with E-state index < -0.39 is 5.97 Å². The third kappa shape index (κ3) is 7.13. The van der Waals surface area contributed by atoms with Gasteiger partial charge in [-0.15, -0.1) is 0 Å². The van der Waals surface area contributed by atoms with Gasteiger partial charge in [-0.05, 0) is 36.5 Å². The molecular formula is C22H27NO4. The zero-order valence-corrected chi connectivity index (χ0v) is 16.1. The van der Waals surface area contributed by atoms with E-state index in [9.17, 15) is 9.59 Å². The van der Waals surface area contributed by atoms with E-state index >= 15 is 0 Å². The second-order valence-corrected chi connectivity index (χ2v) is 6.88. The number of rotatable bonds is 9. The van der Waals surface area contributed by atoms with Gasteiger partial charge in [-0.1, -0.05) is 62.4 Å². The summed E-state index contributed by atoms with van der Waals surface area (Å²) in [6.07, 6.45) is 0.806. The molecule has 2 rings (SSSR count). The van der Waals surface area contributed by atoms with Crippen molar-refractivity contribution in [3.05, 3.63) is 65.7 Å². The summed E-state index contributed by atoms with van der Waals surface area (Å²) in [6, 6.07) is 17.1. The van der Waals surface area contributed by atoms with Crippen LogP contribution in [0.2, 0.25) is 0 Å². The first-order chi connectivity index (χ1) is 13.0. The van der Waals surface area contributed by atoms with E-state index in [4.69, 9.17) is 9.47 Å². The number of aryl methyl sites for hydroxylation is 1. The van der Waals surface area contributed by atoms with Gasteiger partial charge in [-0.3, -0.25) is 4.79 Å². The summed E-state index contributed by atoms with van der Waals surface area (Å²) in [6.45, 7) is 5.55. The van der Waals surface area contributed by atoms with Gasteiger partial charge >= 0.3 is 5.97 Å². The third-order valence-electron chi connectivity index (χ3n) is 4.05. The van der Waals surface area contributed by atoms with Crippen LogP contribution >= 0.6 is 0 Å². The number of ether oxygens (including phenoxy) is 2. The average molecular weight is 369 g/mol. The van der Waals surface area contributed by atoms with Gasteiger partial charge in [-0.25, -0.2) is 4.79 Å². The number of benzene rings is 2. The second kappa shape index (κ2) is 10.4. The molecule has 27 heavy (non-hydrogen) atoms. The highest BCUT2D eigenvalue weighted by molar-refractivity contribution is 5.81. The Bertz CT molecular complexity index is 743. The van der Waals surface area contributed by atoms with Crippen LogP contribution in [-0.2, 0) is 14.3 Å². The van der Waals surface area contributed by atoms with Gasteiger partial charge in [0, 0.05) is 0 Å². The van der Waals surface area contributed by atoms with Crippen LogP contribution in [0.25, 0.3) is 0 Å². The minimum atomic E-state index is -0.575. The topological polar surface area (TPSA) is 64.6 Å². The van der Waals surface area contributed by atoms with E-state index in [1.165, 1.54) is 0 Å². The lowest BCUT2D eigenvalue weighted by atomic mass is 9.97. The van der Waals surface area contributed by atoms with E-state index in [2.05, 4.69) is 19.2 Å². The largest absolute Gasteiger partial charge is 0.482 e. The van der Waals surface area contributed by atoms with Crippen molar-refractivity contribution in [1.29, 1.82) is 0 Å². The molecule has 0 aliphatic heterocycles. The SMILES string of the molecule is Cc1ccccc1OCC(=O)OCC(=O)N[C@@H](CC(C)C)c1ccccc1. The molecule has 0 unspecified atom stereocenters. The van der Waals surface area contributed by atoms with Crippen LogP contribution in [0.1, 0.15) is 37.4 Å². The summed E-state index contributed by atoms with van der Waals surface area (Å²) in [7, 11) is 0. The molecule has 0 spiro atoms. The summed E-state index contributed by atoms with van der Waals surface area (Å²) in [4.78, 5) is 24.1. The van der Waals surface area contributed by atoms with Gasteiger partial charge in [0.1, 0.15) is 5.75 Å². The van der Waals surface area contributed by atoms with Gasteiger partial charge in [0.25, 0.3) is 5.91 Å². The summed E-state index contributed by atoms with van der Waals surface area (Å²) in [5.74, 6) is 0.141. The number of carbonyl (C=O) groups excluding carboxylic acids is 2. The first-order valence-corrected chi connectivity index (χ1v) is 9.14. The van der Waals surface area contributed by atoms with Crippen molar-refractivity contribution < 1.29 is 19.1 Å². The van der Waals surface area contributed by atoms with Crippen LogP contribution < -0.4 is 10.1 Å². The molecule has 0 bridgehead atoms. The number of nitrogens with one attached hydrogen (secondary N) is 1. The van der Waals surface area contributed by atoms with Crippen molar-refractivity contribution in [2.45, 2.75) is 33.2 Å². The minimum Gasteiger partial charge on any atom is -0.482 e. The zero-order valence-electron chi connectivity index (χ0n) is 16.1. The maximum Gasteiger partial charge on any atom is 0.344 e. The van der Waals surface area contributed by atoms with Crippen LogP contribution in [0.5, 0.6) is 5.75 Å². The molecule has 2 aromatic carbocycles. The van der Waals surface area contributed by atoms with Crippen molar-refractivity contribution in [1.82, 2.24) is 5.32 Å². The minimum absolute atomic E-state index is 0.111. The van der Waals surface area contributed by atoms with Gasteiger partial charge in [0.2, 0.25) is 0 Å². The Morgan fingerprint density at radius 2 is 1.63 bits per heavy atom. The Hall–Kier alpha value is -2.82. The standard InChI is InChI=1S/C22H27NO4/c1-16(2)13-19(18-10-5-4-6-11-18)23-21(24)14-27-22(25)15-26-20-12-8-7-9-17(20)3/h4-12,16,19H,13-15H2,1-3H3,(H,23,24)/t19-/m0/s1. The molecule has 0 radical (unpaired) electrons. The molecule has 144 valence electrons. The van der Waals surface area contributed by atoms with Crippen LogP contribution in [0.3, 0.4) is 0 Å². The van der Waals surface area contributed by atoms with E-state index in [-0.39, 0.29) is 25.2 Å². The fraction of sp³-hybridized carbons (Fsp3) is 0.364. The Morgan fingerprint density at radius 3 is 2.30 bits per heavy atom. The number of esters is 1. The highest BCUT2D eigenvalue weighted by atomic mass is 16.6. The summed E-state index contributed by atoms with van der Waals surface area (Å²) in [5.41, 5.74) is 1.97. The van der Waals surface area contributed by atoms with Crippen molar-refractivity contribution >= 4 is 11.9 Å². The summed E-state index contributed by atoms with van der Waals surface area (Å²) in [5, 5.41) is 2.95. The van der Waals surface area contributed by atoms with Gasteiger partial charge in [0.15, 0.2) is 13.2 Å². The zero-order chi connectivity index (χ0) is 19.6. The summed E-state index contributed by atoms with van der Waals surface area (Å²) < 4.78 is 10.5. The molecular weight excluding hydrogens is 342 g/mol. The molecule has 0 saturated carbocycles. The van der Waals surface area contributed by atoms with Crippen LogP contribution in [-0.4, -0.2) is 25.1 Å². The number of amides is 1. The lowest BCUT2D eigenvalue weighted by molar-refractivity contribution is -0.150. The molecule has 0 aromatic heterocycles. The highest BCUT2D eigenvalue weighted by Crippen LogP contribution is 2.21. The number of para-hydroxylation sites is 1. The lowest BCUT2D eigenvalue weighted by Crippen LogP contribution is -2.33. The quantitative estimate of drug-likeness (QED) is 0.683. The molecule has 0 heterocycles. The van der Waals surface area contributed by atoms with Crippen LogP contribution in [0.15, 0.2) is 54.6 Å². The van der Waals surface area contributed by atoms with Crippen molar-refractivity contribution in [2.75, 3.05) is 13.2 Å². The van der Waals surface area contributed by atoms with Crippen molar-refractivity contribution in [3.8, 4) is 5.75 Å². The monoisotopic (exact) mass is 369 g/mol. The predicted molar refractivity (Wildman–Crippen MR) is 104 cm³/mol. The average Bonchev–Trinajstić information content (AvgIpc) is 2.65. The van der Waals surface area contributed by atoms with E-state index in [0.717, 1.165) is 17.5 Å². The molecule has 0 saturated heterocycles. The van der Waals surface area contributed by atoms with Crippen molar-refractivity contribution in [3.63, 3.8) is 0 Å². The van der Waals surface area contributed by atoms with E-state index in [1.807, 2.05) is 55.5 Å². The molecule has 1 atom stereocenters. The number of carbonyl (C=O) groups is 2. The molecule has 0 aliphatic carbocycles. The predicted octanol–water partition coefficient (Wildman–Crippen LogP) is 3.82. The fourth-order valence-electron chi connectivity index (χ4n) is 2.71. The molecule has 2 aromatic rings. The highest BCUT2D eigenvalue weighted by Gasteiger charge is 2.17. The molecule has 5 nitrogen and oxygen atoms in total. The summed E-state index contributed by atoms with van der Waals surface area (Å²) >= 11 is 0. The molecule has 0 aliphatic rings. The first kappa shape index (κ1) is 20.5. The maximum absolute atomic E-state index is 12.2. The lowest BCUT2D eigenvalue weighted by Gasteiger charge is -2.21. The van der Waals surface area contributed by atoms with Gasteiger partial charge in [0.05, 0.1) is 6.04 Å². The molecule has 1 amide bonds.